The molecule has 0 amide bonds. The zero-order valence-corrected chi connectivity index (χ0v) is 19.3. The minimum absolute atomic E-state index is 0.248. The molecule has 1 atom stereocenters. The average molecular weight is 495 g/mol. The Balaban J connectivity index is 1.67. The second-order valence-electron chi connectivity index (χ2n) is 5.88. The predicted octanol–water partition coefficient (Wildman–Crippen LogP) is 6.17. The van der Waals surface area contributed by atoms with Crippen LogP contribution in [0.3, 0.4) is 0 Å². The highest BCUT2D eigenvalue weighted by Gasteiger charge is 2.16. The standard InChI is InChI=1S/C18H15Cl4N3OS2/c1-25-17(10-28(26)9-12-15(21)6-3-7-16(12)22)23-24-18(25)27-8-11-13(19)4-2-5-14(11)20/h2-7H,8-10H2,1H3/t28-/m1/s1. The molecule has 0 bridgehead atoms. The Hall–Kier alpha value is -0.760. The second-order valence-corrected chi connectivity index (χ2v) is 9.90. The molecular weight excluding hydrogens is 480 g/mol. The lowest BCUT2D eigenvalue weighted by Gasteiger charge is -2.08. The molecule has 0 aliphatic carbocycles. The summed E-state index contributed by atoms with van der Waals surface area (Å²) in [5.74, 6) is 1.68. The summed E-state index contributed by atoms with van der Waals surface area (Å²) < 4.78 is 14.4. The van der Waals surface area contributed by atoms with Gasteiger partial charge in [-0.2, -0.15) is 0 Å². The average Bonchev–Trinajstić information content (AvgIpc) is 2.98. The molecule has 0 fully saturated rings. The van der Waals surface area contributed by atoms with Crippen LogP contribution in [-0.4, -0.2) is 19.0 Å². The Bertz CT molecular complexity index is 986. The highest BCUT2D eigenvalue weighted by atomic mass is 35.5. The summed E-state index contributed by atoms with van der Waals surface area (Å²) in [6.45, 7) is 0. The van der Waals surface area contributed by atoms with Crippen molar-refractivity contribution < 1.29 is 4.21 Å². The van der Waals surface area contributed by atoms with Crippen molar-refractivity contribution in [1.29, 1.82) is 0 Å². The van der Waals surface area contributed by atoms with Gasteiger partial charge in [-0.3, -0.25) is 4.21 Å². The van der Waals surface area contributed by atoms with E-state index in [1.165, 1.54) is 11.8 Å². The Morgan fingerprint density at radius 2 is 1.43 bits per heavy atom. The van der Waals surface area contributed by atoms with Crippen molar-refractivity contribution in [2.24, 2.45) is 7.05 Å². The van der Waals surface area contributed by atoms with Gasteiger partial charge >= 0.3 is 0 Å². The monoisotopic (exact) mass is 493 g/mol. The molecule has 2 aromatic carbocycles. The third kappa shape index (κ3) is 5.23. The van der Waals surface area contributed by atoms with Crippen molar-refractivity contribution in [3.8, 4) is 0 Å². The maximum Gasteiger partial charge on any atom is 0.191 e. The smallest absolute Gasteiger partial charge is 0.191 e. The van der Waals surface area contributed by atoms with Crippen LogP contribution in [0.25, 0.3) is 0 Å². The zero-order chi connectivity index (χ0) is 20.3. The zero-order valence-electron chi connectivity index (χ0n) is 14.7. The van der Waals surface area contributed by atoms with Crippen LogP contribution >= 0.6 is 58.2 Å². The number of aromatic nitrogens is 3. The fourth-order valence-corrected chi connectivity index (χ4v) is 6.07. The van der Waals surface area contributed by atoms with Crippen LogP contribution < -0.4 is 0 Å². The first-order chi connectivity index (χ1) is 13.4. The molecule has 0 spiro atoms. The Morgan fingerprint density at radius 1 is 0.893 bits per heavy atom. The molecule has 3 rings (SSSR count). The normalized spacial score (nSPS) is 12.3. The van der Waals surface area contributed by atoms with E-state index < -0.39 is 10.8 Å². The lowest BCUT2D eigenvalue weighted by Crippen LogP contribution is -2.06. The van der Waals surface area contributed by atoms with E-state index in [0.29, 0.717) is 42.4 Å². The summed E-state index contributed by atoms with van der Waals surface area (Å²) in [4.78, 5) is 0. The molecule has 0 saturated carbocycles. The summed E-state index contributed by atoms with van der Waals surface area (Å²) in [5, 5.41) is 11.3. The fourth-order valence-electron chi connectivity index (χ4n) is 2.43. The molecule has 1 heterocycles. The minimum Gasteiger partial charge on any atom is -0.308 e. The van der Waals surface area contributed by atoms with E-state index in [4.69, 9.17) is 46.4 Å². The number of halogens is 4. The topological polar surface area (TPSA) is 47.8 Å². The Kier molecular flexibility index (Phi) is 7.70. The molecular formula is C18H15Cl4N3OS2. The van der Waals surface area contributed by atoms with Crippen molar-refractivity contribution in [2.75, 3.05) is 0 Å². The van der Waals surface area contributed by atoms with Crippen LogP contribution in [0, 0.1) is 0 Å². The highest BCUT2D eigenvalue weighted by Crippen LogP contribution is 2.31. The largest absolute Gasteiger partial charge is 0.308 e. The van der Waals surface area contributed by atoms with E-state index in [-0.39, 0.29) is 11.5 Å². The molecule has 28 heavy (non-hydrogen) atoms. The van der Waals surface area contributed by atoms with Crippen molar-refractivity contribution >= 4 is 69.0 Å². The van der Waals surface area contributed by atoms with Gasteiger partial charge in [0.1, 0.15) is 5.82 Å². The van der Waals surface area contributed by atoms with Gasteiger partial charge in [-0.15, -0.1) is 10.2 Å². The van der Waals surface area contributed by atoms with E-state index in [9.17, 15) is 4.21 Å². The van der Waals surface area contributed by atoms with Crippen LogP contribution in [0.1, 0.15) is 17.0 Å². The first-order valence-electron chi connectivity index (χ1n) is 8.08. The quantitative estimate of drug-likeness (QED) is 0.368. The fraction of sp³-hybridized carbons (Fsp3) is 0.222. The van der Waals surface area contributed by atoms with Gasteiger partial charge in [-0.25, -0.2) is 0 Å². The second kappa shape index (κ2) is 9.83. The van der Waals surface area contributed by atoms with E-state index in [0.717, 1.165) is 5.56 Å². The maximum atomic E-state index is 12.6. The number of thioether (sulfide) groups is 1. The molecule has 4 nitrogen and oxygen atoms in total. The van der Waals surface area contributed by atoms with Gasteiger partial charge in [-0.05, 0) is 29.8 Å². The molecule has 3 aromatic rings. The lowest BCUT2D eigenvalue weighted by molar-refractivity contribution is 0.677. The van der Waals surface area contributed by atoms with Crippen LogP contribution in [0.4, 0.5) is 0 Å². The Labute approximate surface area is 190 Å². The molecule has 0 N–H and O–H groups in total. The minimum atomic E-state index is -1.23. The maximum absolute atomic E-state index is 12.6. The van der Waals surface area contributed by atoms with Crippen LogP contribution in [0.15, 0.2) is 41.6 Å². The van der Waals surface area contributed by atoms with E-state index in [2.05, 4.69) is 10.2 Å². The van der Waals surface area contributed by atoms with Gasteiger partial charge in [0.15, 0.2) is 5.16 Å². The SMILES string of the molecule is Cn1c(C[S@](=O)Cc2c(Cl)cccc2Cl)nnc1SCc1c(Cl)cccc1Cl. The van der Waals surface area contributed by atoms with Crippen molar-refractivity contribution in [3.63, 3.8) is 0 Å². The summed E-state index contributed by atoms with van der Waals surface area (Å²) in [5.41, 5.74) is 1.52. The van der Waals surface area contributed by atoms with Gasteiger partial charge in [0.2, 0.25) is 0 Å². The summed E-state index contributed by atoms with van der Waals surface area (Å²) in [7, 11) is 0.608. The van der Waals surface area contributed by atoms with Gasteiger partial charge in [0, 0.05) is 49.3 Å². The highest BCUT2D eigenvalue weighted by molar-refractivity contribution is 7.98. The number of rotatable bonds is 7. The predicted molar refractivity (Wildman–Crippen MR) is 119 cm³/mol. The first-order valence-corrected chi connectivity index (χ1v) is 12.1. The molecule has 10 heteroatoms. The van der Waals surface area contributed by atoms with Crippen LogP contribution in [0.2, 0.25) is 20.1 Å². The van der Waals surface area contributed by atoms with Crippen LogP contribution in [-0.2, 0) is 35.1 Å². The number of nitrogens with zero attached hydrogens (tertiary/aromatic N) is 3. The Morgan fingerprint density at radius 3 is 2.00 bits per heavy atom. The van der Waals surface area contributed by atoms with Gasteiger partial charge in [0.05, 0.1) is 11.5 Å². The number of benzene rings is 2. The summed E-state index contributed by atoms with van der Waals surface area (Å²) in [6.07, 6.45) is 0. The summed E-state index contributed by atoms with van der Waals surface area (Å²) >= 11 is 26.2. The molecule has 0 aliphatic rings. The number of hydrogen-bond donors (Lipinski definition) is 0. The van der Waals surface area contributed by atoms with E-state index >= 15 is 0 Å². The summed E-state index contributed by atoms with van der Waals surface area (Å²) in [6, 6.07) is 10.6. The van der Waals surface area contributed by atoms with Crippen molar-refractivity contribution in [2.45, 2.75) is 22.4 Å². The van der Waals surface area contributed by atoms with Gasteiger partial charge in [0.25, 0.3) is 0 Å². The van der Waals surface area contributed by atoms with Gasteiger partial charge < -0.3 is 4.57 Å². The van der Waals surface area contributed by atoms with E-state index in [1.807, 2.05) is 11.6 Å². The lowest BCUT2D eigenvalue weighted by atomic mass is 10.2. The molecule has 0 aliphatic heterocycles. The first kappa shape index (κ1) is 21.9. The van der Waals surface area contributed by atoms with Crippen molar-refractivity contribution in [3.05, 3.63) is 73.4 Å². The van der Waals surface area contributed by atoms with Crippen LogP contribution in [0.5, 0.6) is 0 Å². The molecule has 1 aromatic heterocycles. The number of hydrogen-bond acceptors (Lipinski definition) is 4. The molecule has 148 valence electrons. The van der Waals surface area contributed by atoms with Gasteiger partial charge in [-0.1, -0.05) is 70.3 Å². The van der Waals surface area contributed by atoms with E-state index in [1.54, 1.807) is 36.4 Å². The third-order valence-corrected chi connectivity index (χ3v) is 7.64. The third-order valence-electron chi connectivity index (χ3n) is 3.99. The molecule has 0 unspecified atom stereocenters. The molecule has 0 saturated heterocycles. The molecule has 0 radical (unpaired) electrons. The van der Waals surface area contributed by atoms with Crippen molar-refractivity contribution in [1.82, 2.24) is 14.8 Å².